The average molecular weight is 238 g/mol. The maximum Gasteiger partial charge on any atom is 0.247 e. The number of piperidine rings is 1. The van der Waals surface area contributed by atoms with Crippen molar-refractivity contribution in [3.8, 4) is 0 Å². The van der Waals surface area contributed by atoms with Crippen molar-refractivity contribution in [2.24, 2.45) is 0 Å². The van der Waals surface area contributed by atoms with Crippen LogP contribution >= 0.6 is 11.6 Å². The summed E-state index contributed by atoms with van der Waals surface area (Å²) in [6.07, 6.45) is 1.72. The molecule has 2 nitrogen and oxygen atoms in total. The molecule has 0 aliphatic carbocycles. The molecule has 86 valence electrons. The van der Waals surface area contributed by atoms with E-state index in [4.69, 9.17) is 11.6 Å². The van der Waals surface area contributed by atoms with Crippen LogP contribution in [0.3, 0.4) is 0 Å². The van der Waals surface area contributed by atoms with Gasteiger partial charge in [0.1, 0.15) is 4.87 Å². The molecule has 2 rings (SSSR count). The largest absolute Gasteiger partial charge is 0.311 e. The van der Waals surface area contributed by atoms with Gasteiger partial charge < -0.3 is 4.90 Å². The zero-order valence-electron chi connectivity index (χ0n) is 9.66. The Kier molecular flexibility index (Phi) is 2.94. The van der Waals surface area contributed by atoms with Crippen LogP contribution in [0, 0.1) is 6.92 Å². The highest BCUT2D eigenvalue weighted by atomic mass is 35.5. The van der Waals surface area contributed by atoms with Gasteiger partial charge in [-0.15, -0.1) is 11.6 Å². The van der Waals surface area contributed by atoms with E-state index in [-0.39, 0.29) is 5.91 Å². The molecule has 1 aliphatic heterocycles. The first-order chi connectivity index (χ1) is 7.50. The van der Waals surface area contributed by atoms with E-state index < -0.39 is 4.87 Å². The molecular formula is C13H16ClNO. The van der Waals surface area contributed by atoms with E-state index in [1.807, 2.05) is 31.2 Å². The molecule has 0 bridgehead atoms. The van der Waals surface area contributed by atoms with Gasteiger partial charge in [-0.2, -0.15) is 0 Å². The molecule has 16 heavy (non-hydrogen) atoms. The van der Waals surface area contributed by atoms with Crippen molar-refractivity contribution in [3.05, 3.63) is 29.8 Å². The molecule has 0 N–H and O–H groups in total. The van der Waals surface area contributed by atoms with Crippen LogP contribution in [-0.2, 0) is 4.79 Å². The van der Waals surface area contributed by atoms with Crippen molar-refractivity contribution in [2.45, 2.75) is 31.6 Å². The van der Waals surface area contributed by atoms with Crippen molar-refractivity contribution in [3.63, 3.8) is 0 Å². The van der Waals surface area contributed by atoms with E-state index >= 15 is 0 Å². The number of aryl methyl sites for hydroxylation is 1. The fraction of sp³-hybridized carbons (Fsp3) is 0.462. The number of halogens is 1. The van der Waals surface area contributed by atoms with Gasteiger partial charge in [-0.05, 0) is 38.8 Å². The van der Waals surface area contributed by atoms with Gasteiger partial charge in [0.15, 0.2) is 0 Å². The van der Waals surface area contributed by atoms with E-state index in [0.717, 1.165) is 25.1 Å². The maximum atomic E-state index is 12.1. The van der Waals surface area contributed by atoms with Crippen molar-refractivity contribution < 1.29 is 4.79 Å². The quantitative estimate of drug-likeness (QED) is 0.688. The van der Waals surface area contributed by atoms with E-state index in [1.165, 1.54) is 5.56 Å². The summed E-state index contributed by atoms with van der Waals surface area (Å²) >= 11 is 6.21. The molecule has 1 unspecified atom stereocenters. The molecule has 3 heteroatoms. The number of alkyl halides is 1. The van der Waals surface area contributed by atoms with Crippen LogP contribution in [-0.4, -0.2) is 17.3 Å². The summed E-state index contributed by atoms with van der Waals surface area (Å²) in [5.41, 5.74) is 2.14. The van der Waals surface area contributed by atoms with Crippen LogP contribution in [0.25, 0.3) is 0 Å². The zero-order chi connectivity index (χ0) is 11.8. The standard InChI is InChI=1S/C13H16ClNO/c1-10-4-6-11(7-5-10)15-9-3-8-13(2,14)12(15)16/h4-7H,3,8-9H2,1-2H3. The summed E-state index contributed by atoms with van der Waals surface area (Å²) in [7, 11) is 0. The summed E-state index contributed by atoms with van der Waals surface area (Å²) in [6.45, 7) is 4.61. The van der Waals surface area contributed by atoms with Crippen molar-refractivity contribution in [1.82, 2.24) is 0 Å². The molecule has 1 fully saturated rings. The number of benzene rings is 1. The van der Waals surface area contributed by atoms with E-state index in [9.17, 15) is 4.79 Å². The van der Waals surface area contributed by atoms with E-state index in [2.05, 4.69) is 0 Å². The Bertz CT molecular complexity index is 397. The fourth-order valence-corrected chi connectivity index (χ4v) is 2.27. The van der Waals surface area contributed by atoms with Crippen LogP contribution in [0.5, 0.6) is 0 Å². The minimum Gasteiger partial charge on any atom is -0.311 e. The Balaban J connectivity index is 2.27. The number of carbonyl (C=O) groups excluding carboxylic acids is 1. The third kappa shape index (κ3) is 2.07. The summed E-state index contributed by atoms with van der Waals surface area (Å²) in [4.78, 5) is 13.2. The Morgan fingerprint density at radius 1 is 1.31 bits per heavy atom. The predicted molar refractivity (Wildman–Crippen MR) is 67.0 cm³/mol. The third-order valence-corrected chi connectivity index (χ3v) is 3.42. The highest BCUT2D eigenvalue weighted by Crippen LogP contribution is 2.31. The zero-order valence-corrected chi connectivity index (χ0v) is 10.4. The number of rotatable bonds is 1. The molecule has 1 heterocycles. The van der Waals surface area contributed by atoms with Crippen LogP contribution < -0.4 is 4.90 Å². The lowest BCUT2D eigenvalue weighted by Gasteiger charge is -2.35. The lowest BCUT2D eigenvalue weighted by molar-refractivity contribution is -0.121. The molecule has 0 saturated carbocycles. The number of hydrogen-bond donors (Lipinski definition) is 0. The topological polar surface area (TPSA) is 20.3 Å². The second kappa shape index (κ2) is 4.10. The third-order valence-electron chi connectivity index (χ3n) is 3.06. The van der Waals surface area contributed by atoms with Crippen molar-refractivity contribution in [2.75, 3.05) is 11.4 Å². The highest BCUT2D eigenvalue weighted by Gasteiger charge is 2.38. The Labute approximate surface area is 101 Å². The summed E-state index contributed by atoms with van der Waals surface area (Å²) in [5.74, 6) is 0.0178. The molecule has 1 saturated heterocycles. The first-order valence-corrected chi connectivity index (χ1v) is 5.96. The molecule has 1 aromatic carbocycles. The van der Waals surface area contributed by atoms with Gasteiger partial charge in [0.25, 0.3) is 0 Å². The number of nitrogens with zero attached hydrogens (tertiary/aromatic N) is 1. The summed E-state index contributed by atoms with van der Waals surface area (Å²) < 4.78 is 0. The highest BCUT2D eigenvalue weighted by molar-refractivity contribution is 6.36. The van der Waals surface area contributed by atoms with Gasteiger partial charge in [0.2, 0.25) is 5.91 Å². The predicted octanol–water partition coefficient (Wildman–Crippen LogP) is 3.12. The molecule has 1 atom stereocenters. The Morgan fingerprint density at radius 2 is 1.94 bits per heavy atom. The van der Waals surface area contributed by atoms with Crippen molar-refractivity contribution in [1.29, 1.82) is 0 Å². The van der Waals surface area contributed by atoms with Crippen LogP contribution in [0.1, 0.15) is 25.3 Å². The molecule has 0 spiro atoms. The molecular weight excluding hydrogens is 222 g/mol. The van der Waals surface area contributed by atoms with Gasteiger partial charge in [-0.3, -0.25) is 4.79 Å². The minimum atomic E-state index is -0.733. The van der Waals surface area contributed by atoms with Gasteiger partial charge >= 0.3 is 0 Å². The summed E-state index contributed by atoms with van der Waals surface area (Å²) in [6, 6.07) is 7.99. The van der Waals surface area contributed by atoms with Crippen LogP contribution in [0.2, 0.25) is 0 Å². The van der Waals surface area contributed by atoms with Crippen LogP contribution in [0.4, 0.5) is 5.69 Å². The number of hydrogen-bond acceptors (Lipinski definition) is 1. The lowest BCUT2D eigenvalue weighted by atomic mass is 9.97. The minimum absolute atomic E-state index is 0.0178. The number of amides is 1. The molecule has 1 amide bonds. The molecule has 1 aromatic rings. The normalized spacial score (nSPS) is 25.9. The SMILES string of the molecule is Cc1ccc(N2CCCC(C)(Cl)C2=O)cc1. The Morgan fingerprint density at radius 3 is 2.56 bits per heavy atom. The fourth-order valence-electron chi connectivity index (χ4n) is 2.03. The van der Waals surface area contributed by atoms with Crippen molar-refractivity contribution >= 4 is 23.2 Å². The van der Waals surface area contributed by atoms with Gasteiger partial charge in [0, 0.05) is 12.2 Å². The van der Waals surface area contributed by atoms with Gasteiger partial charge in [0.05, 0.1) is 0 Å². The second-order valence-electron chi connectivity index (χ2n) is 4.59. The number of anilines is 1. The Hall–Kier alpha value is -1.02. The van der Waals surface area contributed by atoms with E-state index in [0.29, 0.717) is 0 Å². The first kappa shape index (κ1) is 11.5. The molecule has 1 aliphatic rings. The van der Waals surface area contributed by atoms with E-state index in [1.54, 1.807) is 11.8 Å². The second-order valence-corrected chi connectivity index (χ2v) is 5.43. The maximum absolute atomic E-state index is 12.1. The van der Waals surface area contributed by atoms with Gasteiger partial charge in [-0.1, -0.05) is 17.7 Å². The average Bonchev–Trinajstić information content (AvgIpc) is 2.24. The molecule has 0 aromatic heterocycles. The lowest BCUT2D eigenvalue weighted by Crippen LogP contribution is -2.48. The molecule has 0 radical (unpaired) electrons. The summed E-state index contributed by atoms with van der Waals surface area (Å²) in [5, 5.41) is 0. The monoisotopic (exact) mass is 237 g/mol. The first-order valence-electron chi connectivity index (χ1n) is 5.58. The van der Waals surface area contributed by atoms with Gasteiger partial charge in [-0.25, -0.2) is 0 Å². The smallest absolute Gasteiger partial charge is 0.247 e. The van der Waals surface area contributed by atoms with Crippen LogP contribution in [0.15, 0.2) is 24.3 Å². The number of carbonyl (C=O) groups is 1.